The maximum absolute atomic E-state index is 13.8. The molecule has 9 nitrogen and oxygen atoms in total. The molecular formula is C28H28N4O5S2. The lowest BCUT2D eigenvalue weighted by Crippen LogP contribution is -2.32. The van der Waals surface area contributed by atoms with E-state index in [1.54, 1.807) is 43.6 Å². The number of fused-ring (bicyclic) bond motifs is 1. The summed E-state index contributed by atoms with van der Waals surface area (Å²) in [6, 6.07) is 13.1. The van der Waals surface area contributed by atoms with Crippen LogP contribution in [0.3, 0.4) is 0 Å². The van der Waals surface area contributed by atoms with Gasteiger partial charge in [-0.05, 0) is 35.9 Å². The number of carbonyl (C=O) groups is 1. The van der Waals surface area contributed by atoms with Crippen LogP contribution in [0.2, 0.25) is 0 Å². The molecule has 2 aromatic heterocycles. The van der Waals surface area contributed by atoms with E-state index >= 15 is 0 Å². The Bertz CT molecular complexity index is 1530. The van der Waals surface area contributed by atoms with Gasteiger partial charge >= 0.3 is 0 Å². The third-order valence-electron chi connectivity index (χ3n) is 5.83. The Morgan fingerprint density at radius 3 is 2.28 bits per heavy atom. The number of aromatic nitrogens is 2. The fourth-order valence-electron chi connectivity index (χ4n) is 3.89. The minimum absolute atomic E-state index is 0.0701. The molecule has 4 aromatic rings. The average Bonchev–Trinajstić information content (AvgIpc) is 3.37. The molecule has 0 bridgehead atoms. The van der Waals surface area contributed by atoms with Gasteiger partial charge in [-0.15, -0.1) is 13.2 Å². The molecule has 0 spiro atoms. The molecule has 0 atom stereocenters. The zero-order valence-electron chi connectivity index (χ0n) is 21.6. The quantitative estimate of drug-likeness (QED) is 0.225. The summed E-state index contributed by atoms with van der Waals surface area (Å²) < 4.78 is 39.1. The standard InChI is InChI=1S/C28H28N4O5S2/c1-5-14-31(15-6-2)39(34,35)22-11-9-21(10-12-22)27(33)32(19-20-8-7-13-29-18-20)28-30-23-16-24(36-3)25(37-4)17-26(23)38-28/h5-13,16-18H,1-2,14-15,19H2,3-4H3. The molecule has 11 heteroatoms. The van der Waals surface area contributed by atoms with Crippen molar-refractivity contribution in [1.29, 1.82) is 0 Å². The summed E-state index contributed by atoms with van der Waals surface area (Å²) in [4.78, 5) is 24.3. The highest BCUT2D eigenvalue weighted by atomic mass is 32.2. The van der Waals surface area contributed by atoms with Crippen LogP contribution in [-0.4, -0.2) is 55.9 Å². The van der Waals surface area contributed by atoms with Crippen molar-refractivity contribution in [2.75, 3.05) is 32.2 Å². The first kappa shape index (κ1) is 28.0. The van der Waals surface area contributed by atoms with Crippen LogP contribution in [0.1, 0.15) is 15.9 Å². The van der Waals surface area contributed by atoms with Crippen molar-refractivity contribution in [3.63, 3.8) is 0 Å². The van der Waals surface area contributed by atoms with E-state index in [2.05, 4.69) is 18.1 Å². The largest absolute Gasteiger partial charge is 0.493 e. The summed E-state index contributed by atoms with van der Waals surface area (Å²) in [6.07, 6.45) is 6.37. The third-order valence-corrected chi connectivity index (χ3v) is 8.71. The maximum atomic E-state index is 13.8. The molecular weight excluding hydrogens is 536 g/mol. The zero-order chi connectivity index (χ0) is 28.0. The van der Waals surface area contributed by atoms with Gasteiger partial charge in [0.2, 0.25) is 10.0 Å². The van der Waals surface area contributed by atoms with Crippen LogP contribution in [0.25, 0.3) is 10.2 Å². The van der Waals surface area contributed by atoms with Gasteiger partial charge in [-0.3, -0.25) is 14.7 Å². The highest BCUT2D eigenvalue weighted by Crippen LogP contribution is 2.38. The number of anilines is 1. The Balaban J connectivity index is 1.72. The van der Waals surface area contributed by atoms with E-state index in [-0.39, 0.29) is 30.4 Å². The van der Waals surface area contributed by atoms with Gasteiger partial charge < -0.3 is 9.47 Å². The molecule has 0 aliphatic carbocycles. The monoisotopic (exact) mass is 564 g/mol. The van der Waals surface area contributed by atoms with Crippen LogP contribution in [0, 0.1) is 0 Å². The summed E-state index contributed by atoms with van der Waals surface area (Å²) in [5.41, 5.74) is 1.78. The first-order valence-electron chi connectivity index (χ1n) is 11.9. The van der Waals surface area contributed by atoms with Crippen molar-refractivity contribution < 1.29 is 22.7 Å². The highest BCUT2D eigenvalue weighted by molar-refractivity contribution is 7.89. The predicted molar refractivity (Wildman–Crippen MR) is 153 cm³/mol. The Kier molecular flexibility index (Phi) is 8.75. The molecule has 0 aliphatic heterocycles. The number of thiazole rings is 1. The third kappa shape index (κ3) is 6.00. The maximum Gasteiger partial charge on any atom is 0.260 e. The molecule has 0 N–H and O–H groups in total. The van der Waals surface area contributed by atoms with Gasteiger partial charge in [0.25, 0.3) is 5.91 Å². The van der Waals surface area contributed by atoms with Gasteiger partial charge in [-0.1, -0.05) is 29.6 Å². The second-order valence-electron chi connectivity index (χ2n) is 8.35. The van der Waals surface area contributed by atoms with Crippen molar-refractivity contribution in [3.05, 3.63) is 97.4 Å². The SMILES string of the molecule is C=CCN(CC=C)S(=O)(=O)c1ccc(C(=O)N(Cc2cccnc2)c2nc3cc(OC)c(OC)cc3s2)cc1. The smallest absolute Gasteiger partial charge is 0.260 e. The van der Waals surface area contributed by atoms with Gasteiger partial charge in [-0.2, -0.15) is 4.31 Å². The number of amides is 1. The number of nitrogens with zero attached hydrogens (tertiary/aromatic N) is 4. The molecule has 0 fully saturated rings. The van der Waals surface area contributed by atoms with E-state index in [0.717, 1.165) is 10.3 Å². The predicted octanol–water partition coefficient (Wildman–Crippen LogP) is 4.92. The van der Waals surface area contributed by atoms with E-state index in [1.807, 2.05) is 12.1 Å². The van der Waals surface area contributed by atoms with Crippen molar-refractivity contribution >= 4 is 42.6 Å². The van der Waals surface area contributed by atoms with Crippen molar-refractivity contribution in [2.24, 2.45) is 0 Å². The topological polar surface area (TPSA) is 102 Å². The van der Waals surface area contributed by atoms with E-state index in [9.17, 15) is 13.2 Å². The van der Waals surface area contributed by atoms with Gasteiger partial charge in [0.1, 0.15) is 0 Å². The second kappa shape index (κ2) is 12.2. The molecule has 0 saturated carbocycles. The number of rotatable bonds is 12. The summed E-state index contributed by atoms with van der Waals surface area (Å²) >= 11 is 1.34. The van der Waals surface area contributed by atoms with E-state index < -0.39 is 10.0 Å². The summed E-state index contributed by atoms with van der Waals surface area (Å²) in [5, 5.41) is 0.467. The fraction of sp³-hybridized carbons (Fsp3) is 0.179. The van der Waals surface area contributed by atoms with Gasteiger partial charge in [0, 0.05) is 43.2 Å². The average molecular weight is 565 g/mol. The van der Waals surface area contributed by atoms with Crippen LogP contribution < -0.4 is 14.4 Å². The number of methoxy groups -OCH3 is 2. The van der Waals surface area contributed by atoms with Crippen LogP contribution in [0.15, 0.2) is 91.1 Å². The lowest BCUT2D eigenvalue weighted by atomic mass is 10.2. The second-order valence-corrected chi connectivity index (χ2v) is 11.3. The normalized spacial score (nSPS) is 11.4. The summed E-state index contributed by atoms with van der Waals surface area (Å²) in [5.74, 6) is 0.754. The molecule has 2 aromatic carbocycles. The van der Waals surface area contributed by atoms with Gasteiger partial charge in [0.05, 0.1) is 35.9 Å². The zero-order valence-corrected chi connectivity index (χ0v) is 23.2. The fourth-order valence-corrected chi connectivity index (χ4v) is 6.25. The Morgan fingerprint density at radius 1 is 1.03 bits per heavy atom. The van der Waals surface area contributed by atoms with Crippen LogP contribution in [0.4, 0.5) is 5.13 Å². The van der Waals surface area contributed by atoms with Crippen molar-refractivity contribution in [3.8, 4) is 11.5 Å². The molecule has 2 heterocycles. The number of pyridine rings is 1. The molecule has 0 unspecified atom stereocenters. The number of hydrogen-bond acceptors (Lipinski definition) is 8. The Morgan fingerprint density at radius 2 is 1.69 bits per heavy atom. The Hall–Kier alpha value is -4.06. The highest BCUT2D eigenvalue weighted by Gasteiger charge is 2.25. The van der Waals surface area contributed by atoms with Gasteiger partial charge in [-0.25, -0.2) is 13.4 Å². The molecule has 4 rings (SSSR count). The number of ether oxygens (including phenoxy) is 2. The minimum atomic E-state index is -3.80. The number of hydrogen-bond donors (Lipinski definition) is 0. The number of benzene rings is 2. The first-order valence-corrected chi connectivity index (χ1v) is 14.1. The summed E-state index contributed by atoms with van der Waals surface area (Å²) in [6.45, 7) is 7.76. The Labute approximate surface area is 231 Å². The number of sulfonamides is 1. The lowest BCUT2D eigenvalue weighted by Gasteiger charge is -2.21. The van der Waals surface area contributed by atoms with Crippen LogP contribution in [-0.2, 0) is 16.6 Å². The molecule has 0 aliphatic rings. The van der Waals surface area contributed by atoms with E-state index in [4.69, 9.17) is 14.5 Å². The number of carbonyl (C=O) groups excluding carboxylic acids is 1. The van der Waals surface area contributed by atoms with Crippen molar-refractivity contribution in [2.45, 2.75) is 11.4 Å². The molecule has 0 radical (unpaired) electrons. The van der Waals surface area contributed by atoms with Crippen LogP contribution >= 0.6 is 11.3 Å². The molecule has 39 heavy (non-hydrogen) atoms. The van der Waals surface area contributed by atoms with Crippen LogP contribution in [0.5, 0.6) is 11.5 Å². The van der Waals surface area contributed by atoms with Crippen molar-refractivity contribution in [1.82, 2.24) is 14.3 Å². The first-order chi connectivity index (χ1) is 18.8. The minimum Gasteiger partial charge on any atom is -0.493 e. The van der Waals surface area contributed by atoms with E-state index in [1.165, 1.54) is 52.1 Å². The lowest BCUT2D eigenvalue weighted by molar-refractivity contribution is 0.0985. The molecule has 202 valence electrons. The van der Waals surface area contributed by atoms with Gasteiger partial charge in [0.15, 0.2) is 16.6 Å². The van der Waals surface area contributed by atoms with E-state index in [0.29, 0.717) is 27.7 Å². The molecule has 1 amide bonds. The summed E-state index contributed by atoms with van der Waals surface area (Å²) in [7, 11) is -0.690. The molecule has 0 saturated heterocycles.